The van der Waals surface area contributed by atoms with Crippen LogP contribution in [0.4, 0.5) is 5.69 Å². The van der Waals surface area contributed by atoms with E-state index in [0.717, 1.165) is 30.1 Å². The van der Waals surface area contributed by atoms with Gasteiger partial charge in [-0.1, -0.05) is 30.7 Å². The third-order valence-electron chi connectivity index (χ3n) is 3.62. The molecule has 1 heterocycles. The Hall–Kier alpha value is -2.07. The highest BCUT2D eigenvalue weighted by Crippen LogP contribution is 2.12. The molecule has 0 aliphatic carbocycles. The first-order valence-electron chi connectivity index (χ1n) is 7.82. The van der Waals surface area contributed by atoms with Crippen LogP contribution in [-0.2, 0) is 6.42 Å². The quantitative estimate of drug-likeness (QED) is 0.808. The fourth-order valence-corrected chi connectivity index (χ4v) is 2.33. The zero-order valence-electron chi connectivity index (χ0n) is 13.5. The zero-order chi connectivity index (χ0) is 16.7. The SMILES string of the molecule is CCC(C)NC(=O)c1cncc(NCCc2cccc(Cl)c2)c1. The van der Waals surface area contributed by atoms with E-state index in [1.54, 1.807) is 12.4 Å². The largest absolute Gasteiger partial charge is 0.383 e. The molecule has 0 radical (unpaired) electrons. The van der Waals surface area contributed by atoms with E-state index in [1.807, 2.05) is 44.2 Å². The summed E-state index contributed by atoms with van der Waals surface area (Å²) in [7, 11) is 0. The van der Waals surface area contributed by atoms with Crippen molar-refractivity contribution in [2.24, 2.45) is 0 Å². The van der Waals surface area contributed by atoms with Crippen LogP contribution in [-0.4, -0.2) is 23.5 Å². The number of nitrogens with zero attached hydrogens (tertiary/aromatic N) is 1. The molecule has 0 saturated heterocycles. The third-order valence-corrected chi connectivity index (χ3v) is 3.86. The minimum absolute atomic E-state index is 0.0923. The fraction of sp³-hybridized carbons (Fsp3) is 0.333. The van der Waals surface area contributed by atoms with Crippen molar-refractivity contribution in [3.05, 3.63) is 58.9 Å². The summed E-state index contributed by atoms with van der Waals surface area (Å²) in [6.45, 7) is 4.77. The second-order valence-corrected chi connectivity index (χ2v) is 5.99. The number of pyridine rings is 1. The summed E-state index contributed by atoms with van der Waals surface area (Å²) in [5.41, 5.74) is 2.57. The number of amides is 1. The second kappa shape index (κ2) is 8.53. The van der Waals surface area contributed by atoms with Gasteiger partial charge in [-0.05, 0) is 43.5 Å². The van der Waals surface area contributed by atoms with Gasteiger partial charge in [-0.2, -0.15) is 0 Å². The number of carbonyl (C=O) groups is 1. The van der Waals surface area contributed by atoms with E-state index in [2.05, 4.69) is 15.6 Å². The Balaban J connectivity index is 1.91. The first-order valence-corrected chi connectivity index (χ1v) is 8.20. The topological polar surface area (TPSA) is 54.0 Å². The molecule has 1 amide bonds. The number of hydrogen-bond acceptors (Lipinski definition) is 3. The predicted molar refractivity (Wildman–Crippen MR) is 95.1 cm³/mol. The predicted octanol–water partition coefficient (Wildman–Crippen LogP) is 3.92. The number of halogens is 1. The number of benzene rings is 1. The number of anilines is 1. The van der Waals surface area contributed by atoms with Crippen LogP contribution in [0.25, 0.3) is 0 Å². The molecular formula is C18H22ClN3O. The average molecular weight is 332 g/mol. The lowest BCUT2D eigenvalue weighted by molar-refractivity contribution is 0.0939. The summed E-state index contributed by atoms with van der Waals surface area (Å²) in [6, 6.07) is 9.78. The highest BCUT2D eigenvalue weighted by atomic mass is 35.5. The molecule has 1 aromatic heterocycles. The van der Waals surface area contributed by atoms with Crippen molar-refractivity contribution in [3.8, 4) is 0 Å². The van der Waals surface area contributed by atoms with E-state index >= 15 is 0 Å². The Kier molecular flexibility index (Phi) is 6.41. The van der Waals surface area contributed by atoms with Crippen molar-refractivity contribution in [3.63, 3.8) is 0 Å². The van der Waals surface area contributed by atoms with Crippen LogP contribution in [0.1, 0.15) is 36.2 Å². The van der Waals surface area contributed by atoms with Gasteiger partial charge in [0.2, 0.25) is 0 Å². The van der Waals surface area contributed by atoms with E-state index in [0.29, 0.717) is 5.56 Å². The Labute approximate surface area is 142 Å². The lowest BCUT2D eigenvalue weighted by Gasteiger charge is -2.12. The molecular weight excluding hydrogens is 310 g/mol. The van der Waals surface area contributed by atoms with E-state index < -0.39 is 0 Å². The molecule has 0 spiro atoms. The van der Waals surface area contributed by atoms with Gasteiger partial charge in [0.25, 0.3) is 5.91 Å². The average Bonchev–Trinajstić information content (AvgIpc) is 2.55. The third kappa shape index (κ3) is 5.57. The maximum absolute atomic E-state index is 12.1. The number of aromatic nitrogens is 1. The van der Waals surface area contributed by atoms with Gasteiger partial charge in [0.05, 0.1) is 11.3 Å². The summed E-state index contributed by atoms with van der Waals surface area (Å²) >= 11 is 5.97. The van der Waals surface area contributed by atoms with Gasteiger partial charge in [0.15, 0.2) is 0 Å². The molecule has 0 aliphatic rings. The summed E-state index contributed by atoms with van der Waals surface area (Å²) in [4.78, 5) is 16.2. The molecule has 1 atom stereocenters. The Bertz CT molecular complexity index is 660. The lowest BCUT2D eigenvalue weighted by Crippen LogP contribution is -2.32. The van der Waals surface area contributed by atoms with Crippen molar-refractivity contribution in [1.82, 2.24) is 10.3 Å². The molecule has 0 aliphatic heterocycles. The molecule has 23 heavy (non-hydrogen) atoms. The Morgan fingerprint density at radius 1 is 1.30 bits per heavy atom. The van der Waals surface area contributed by atoms with Crippen molar-refractivity contribution in [2.45, 2.75) is 32.7 Å². The minimum Gasteiger partial charge on any atom is -0.383 e. The molecule has 1 unspecified atom stereocenters. The van der Waals surface area contributed by atoms with Gasteiger partial charge in [0.1, 0.15) is 0 Å². The highest BCUT2D eigenvalue weighted by molar-refractivity contribution is 6.30. The molecule has 2 N–H and O–H groups in total. The summed E-state index contributed by atoms with van der Waals surface area (Å²) < 4.78 is 0. The van der Waals surface area contributed by atoms with Crippen LogP contribution in [0, 0.1) is 0 Å². The number of hydrogen-bond donors (Lipinski definition) is 2. The first-order chi connectivity index (χ1) is 11.1. The van der Waals surface area contributed by atoms with Crippen LogP contribution < -0.4 is 10.6 Å². The van der Waals surface area contributed by atoms with Crippen LogP contribution in [0.15, 0.2) is 42.7 Å². The van der Waals surface area contributed by atoms with E-state index in [1.165, 1.54) is 5.56 Å². The second-order valence-electron chi connectivity index (χ2n) is 5.55. The normalized spacial score (nSPS) is 11.8. The molecule has 4 nitrogen and oxygen atoms in total. The Morgan fingerprint density at radius 2 is 2.13 bits per heavy atom. The summed E-state index contributed by atoms with van der Waals surface area (Å²) in [6.07, 6.45) is 5.05. The molecule has 122 valence electrons. The molecule has 0 fully saturated rings. The van der Waals surface area contributed by atoms with Gasteiger partial charge in [-0.25, -0.2) is 0 Å². The van der Waals surface area contributed by atoms with E-state index in [-0.39, 0.29) is 11.9 Å². The van der Waals surface area contributed by atoms with E-state index in [9.17, 15) is 4.79 Å². The Morgan fingerprint density at radius 3 is 2.87 bits per heavy atom. The molecule has 1 aromatic carbocycles. The summed E-state index contributed by atoms with van der Waals surface area (Å²) in [5.74, 6) is -0.0923. The smallest absolute Gasteiger partial charge is 0.253 e. The number of rotatable bonds is 7. The van der Waals surface area contributed by atoms with Crippen LogP contribution in [0.2, 0.25) is 5.02 Å². The van der Waals surface area contributed by atoms with Gasteiger partial charge >= 0.3 is 0 Å². The van der Waals surface area contributed by atoms with Gasteiger partial charge in [-0.15, -0.1) is 0 Å². The van der Waals surface area contributed by atoms with Crippen LogP contribution >= 0.6 is 11.6 Å². The molecule has 5 heteroatoms. The first kappa shape index (κ1) is 17.3. The van der Waals surface area contributed by atoms with Gasteiger partial charge in [0, 0.05) is 30.0 Å². The minimum atomic E-state index is -0.0923. The molecule has 2 aromatic rings. The maximum Gasteiger partial charge on any atom is 0.253 e. The fourth-order valence-electron chi connectivity index (χ4n) is 2.11. The lowest BCUT2D eigenvalue weighted by atomic mass is 10.1. The van der Waals surface area contributed by atoms with Crippen molar-refractivity contribution in [2.75, 3.05) is 11.9 Å². The standard InChI is InChI=1S/C18H22ClN3O/c1-3-13(2)22-18(23)15-10-17(12-20-11-15)21-8-7-14-5-4-6-16(19)9-14/h4-6,9-13,21H,3,7-8H2,1-2H3,(H,22,23). The zero-order valence-corrected chi connectivity index (χ0v) is 14.2. The number of carbonyl (C=O) groups excluding carboxylic acids is 1. The maximum atomic E-state index is 12.1. The van der Waals surface area contributed by atoms with Crippen molar-refractivity contribution in [1.29, 1.82) is 0 Å². The van der Waals surface area contributed by atoms with Crippen molar-refractivity contribution < 1.29 is 4.79 Å². The van der Waals surface area contributed by atoms with Crippen LogP contribution in [0.5, 0.6) is 0 Å². The highest BCUT2D eigenvalue weighted by Gasteiger charge is 2.09. The molecule has 0 bridgehead atoms. The van der Waals surface area contributed by atoms with Crippen molar-refractivity contribution >= 4 is 23.2 Å². The van der Waals surface area contributed by atoms with E-state index in [4.69, 9.17) is 11.6 Å². The van der Waals surface area contributed by atoms with Crippen LogP contribution in [0.3, 0.4) is 0 Å². The van der Waals surface area contributed by atoms with Gasteiger partial charge < -0.3 is 10.6 Å². The molecule has 0 saturated carbocycles. The molecule has 2 rings (SSSR count). The number of nitrogens with one attached hydrogen (secondary N) is 2. The van der Waals surface area contributed by atoms with Gasteiger partial charge in [-0.3, -0.25) is 9.78 Å². The monoisotopic (exact) mass is 331 g/mol. The summed E-state index contributed by atoms with van der Waals surface area (Å²) in [5, 5.41) is 6.97.